The van der Waals surface area contributed by atoms with Crippen molar-refractivity contribution in [1.82, 2.24) is 10.2 Å². The van der Waals surface area contributed by atoms with E-state index in [0.717, 1.165) is 25.7 Å². The normalized spacial score (nSPS) is 24.0. The van der Waals surface area contributed by atoms with Gasteiger partial charge in [-0.2, -0.15) is 0 Å². The molecule has 23 heavy (non-hydrogen) atoms. The molecule has 0 aromatic heterocycles. The summed E-state index contributed by atoms with van der Waals surface area (Å²) in [5, 5.41) is 3.09. The Kier molecular flexibility index (Phi) is 7.21. The number of carbonyl (C=O) groups is 2. The molecule has 2 amide bonds. The van der Waals surface area contributed by atoms with Crippen LogP contribution in [0.4, 0.5) is 0 Å². The number of amides is 2. The highest BCUT2D eigenvalue weighted by Crippen LogP contribution is 2.26. The van der Waals surface area contributed by atoms with E-state index >= 15 is 0 Å². The molecule has 0 saturated carbocycles. The molecule has 0 aromatic rings. The number of rotatable bonds is 6. The molecule has 0 radical (unpaired) electrons. The molecule has 0 spiro atoms. The molecule has 2 heterocycles. The van der Waals surface area contributed by atoms with Crippen LogP contribution in [-0.4, -0.2) is 53.6 Å². The zero-order chi connectivity index (χ0) is 16.8. The molecule has 5 nitrogen and oxygen atoms in total. The minimum Gasteiger partial charge on any atom is -0.381 e. The average Bonchev–Trinajstić information content (AvgIpc) is 3.02. The fraction of sp³-hybridized carbons (Fsp3) is 0.882. The van der Waals surface area contributed by atoms with Gasteiger partial charge in [-0.05, 0) is 38.5 Å². The number of thioether (sulfide) groups is 1. The molecule has 0 unspecified atom stereocenters. The third-order valence-electron chi connectivity index (χ3n) is 4.60. The number of carbonyl (C=O) groups excluding carboxylic acids is 2. The summed E-state index contributed by atoms with van der Waals surface area (Å²) >= 11 is 1.67. The van der Waals surface area contributed by atoms with E-state index in [1.165, 1.54) is 0 Å². The van der Waals surface area contributed by atoms with Crippen molar-refractivity contribution in [2.45, 2.75) is 58.5 Å². The summed E-state index contributed by atoms with van der Waals surface area (Å²) in [4.78, 5) is 27.0. The van der Waals surface area contributed by atoms with E-state index < -0.39 is 0 Å². The van der Waals surface area contributed by atoms with E-state index in [2.05, 4.69) is 19.2 Å². The van der Waals surface area contributed by atoms with Crippen molar-refractivity contribution in [3.05, 3.63) is 0 Å². The van der Waals surface area contributed by atoms with Gasteiger partial charge >= 0.3 is 0 Å². The third-order valence-corrected chi connectivity index (χ3v) is 5.62. The Hall–Kier alpha value is -0.750. The minimum absolute atomic E-state index is 0.00617. The predicted octanol–water partition coefficient (Wildman–Crippen LogP) is 2.26. The second-order valence-corrected chi connectivity index (χ2v) is 8.09. The molecule has 1 N–H and O–H groups in total. The van der Waals surface area contributed by atoms with E-state index in [1.807, 2.05) is 6.92 Å². The molecule has 132 valence electrons. The molecule has 2 saturated heterocycles. The summed E-state index contributed by atoms with van der Waals surface area (Å²) in [6.45, 7) is 7.74. The summed E-state index contributed by atoms with van der Waals surface area (Å²) in [7, 11) is 0. The van der Waals surface area contributed by atoms with Crippen molar-refractivity contribution in [3.8, 4) is 0 Å². The fourth-order valence-electron chi connectivity index (χ4n) is 3.05. The van der Waals surface area contributed by atoms with Crippen LogP contribution in [0.2, 0.25) is 0 Å². The highest BCUT2D eigenvalue weighted by Gasteiger charge is 2.38. The standard InChI is InChI=1S/C17H30N2O3S/c1-12(2)4-5-13(3)18-16(20)15-10-23-11-19(15)17(21)14-6-8-22-9-7-14/h12-15H,4-11H2,1-3H3,(H,18,20)/t13-,15+/m0/s1. The molecule has 0 aliphatic carbocycles. The van der Waals surface area contributed by atoms with E-state index in [-0.39, 0.29) is 29.8 Å². The van der Waals surface area contributed by atoms with Gasteiger partial charge < -0.3 is 15.0 Å². The van der Waals surface area contributed by atoms with Gasteiger partial charge in [0.1, 0.15) is 6.04 Å². The Balaban J connectivity index is 1.87. The molecule has 2 rings (SSSR count). The second kappa shape index (κ2) is 8.92. The van der Waals surface area contributed by atoms with Gasteiger partial charge in [-0.1, -0.05) is 13.8 Å². The van der Waals surface area contributed by atoms with Gasteiger partial charge in [-0.25, -0.2) is 0 Å². The summed E-state index contributed by atoms with van der Waals surface area (Å²) in [6.07, 6.45) is 3.64. The Labute approximate surface area is 143 Å². The molecule has 2 aliphatic rings. The lowest BCUT2D eigenvalue weighted by molar-refractivity contribution is -0.143. The van der Waals surface area contributed by atoms with Crippen molar-refractivity contribution in [2.24, 2.45) is 11.8 Å². The van der Waals surface area contributed by atoms with Crippen LogP contribution >= 0.6 is 11.8 Å². The van der Waals surface area contributed by atoms with Gasteiger partial charge in [0.25, 0.3) is 0 Å². The highest BCUT2D eigenvalue weighted by molar-refractivity contribution is 7.99. The Morgan fingerprint density at radius 3 is 2.57 bits per heavy atom. The summed E-state index contributed by atoms with van der Waals surface area (Å²) in [5.74, 6) is 2.14. The van der Waals surface area contributed by atoms with Crippen molar-refractivity contribution in [3.63, 3.8) is 0 Å². The summed E-state index contributed by atoms with van der Waals surface area (Å²) in [5.41, 5.74) is 0. The number of hydrogen-bond donors (Lipinski definition) is 1. The first-order chi connectivity index (χ1) is 11.0. The molecule has 0 bridgehead atoms. The average molecular weight is 343 g/mol. The Morgan fingerprint density at radius 1 is 1.22 bits per heavy atom. The second-order valence-electron chi connectivity index (χ2n) is 7.09. The Bertz CT molecular complexity index is 411. The van der Waals surface area contributed by atoms with Crippen molar-refractivity contribution < 1.29 is 14.3 Å². The third kappa shape index (κ3) is 5.38. The molecule has 2 fully saturated rings. The van der Waals surface area contributed by atoms with Gasteiger partial charge in [0.15, 0.2) is 0 Å². The highest BCUT2D eigenvalue weighted by atomic mass is 32.2. The lowest BCUT2D eigenvalue weighted by atomic mass is 9.98. The maximum absolute atomic E-state index is 12.7. The SMILES string of the molecule is CC(C)CC[C@H](C)NC(=O)[C@H]1CSCN1C(=O)C1CCOCC1. The fourth-order valence-corrected chi connectivity index (χ4v) is 4.21. The van der Waals surface area contributed by atoms with Crippen molar-refractivity contribution >= 4 is 23.6 Å². The summed E-state index contributed by atoms with van der Waals surface area (Å²) < 4.78 is 5.33. The van der Waals surface area contributed by atoms with Crippen LogP contribution in [0.3, 0.4) is 0 Å². The monoisotopic (exact) mass is 342 g/mol. The van der Waals surface area contributed by atoms with Crippen LogP contribution < -0.4 is 5.32 Å². The largest absolute Gasteiger partial charge is 0.381 e. The predicted molar refractivity (Wildman–Crippen MR) is 93.2 cm³/mol. The first kappa shape index (κ1) is 18.6. The van der Waals surface area contributed by atoms with Gasteiger partial charge in [0.05, 0.1) is 5.88 Å². The van der Waals surface area contributed by atoms with Crippen molar-refractivity contribution in [1.29, 1.82) is 0 Å². The topological polar surface area (TPSA) is 58.6 Å². The van der Waals surface area contributed by atoms with Gasteiger partial charge in [-0.3, -0.25) is 9.59 Å². The first-order valence-electron chi connectivity index (χ1n) is 8.75. The number of hydrogen-bond acceptors (Lipinski definition) is 4. The maximum Gasteiger partial charge on any atom is 0.243 e. The molecule has 0 aromatic carbocycles. The van der Waals surface area contributed by atoms with Gasteiger partial charge in [-0.15, -0.1) is 11.8 Å². The molecule has 2 aliphatic heterocycles. The van der Waals surface area contributed by atoms with E-state index in [1.54, 1.807) is 16.7 Å². The maximum atomic E-state index is 12.7. The lowest BCUT2D eigenvalue weighted by Crippen LogP contribution is -2.51. The molecular weight excluding hydrogens is 312 g/mol. The van der Waals surface area contributed by atoms with Gasteiger partial charge in [0, 0.05) is 30.9 Å². The van der Waals surface area contributed by atoms with Crippen molar-refractivity contribution in [2.75, 3.05) is 24.8 Å². The smallest absolute Gasteiger partial charge is 0.243 e. The van der Waals surface area contributed by atoms with Crippen LogP contribution in [0.1, 0.15) is 46.5 Å². The number of nitrogens with one attached hydrogen (secondary N) is 1. The van der Waals surface area contributed by atoms with E-state index in [9.17, 15) is 9.59 Å². The Morgan fingerprint density at radius 2 is 1.91 bits per heavy atom. The quantitative estimate of drug-likeness (QED) is 0.804. The van der Waals surface area contributed by atoms with Crippen LogP contribution in [0.5, 0.6) is 0 Å². The minimum atomic E-state index is -0.308. The van der Waals surface area contributed by atoms with E-state index in [0.29, 0.717) is 30.8 Å². The molecule has 6 heteroatoms. The lowest BCUT2D eigenvalue weighted by Gasteiger charge is -2.30. The van der Waals surface area contributed by atoms with Crippen LogP contribution in [0.25, 0.3) is 0 Å². The van der Waals surface area contributed by atoms with E-state index in [4.69, 9.17) is 4.74 Å². The zero-order valence-electron chi connectivity index (χ0n) is 14.5. The van der Waals surface area contributed by atoms with Crippen LogP contribution in [0.15, 0.2) is 0 Å². The first-order valence-corrected chi connectivity index (χ1v) is 9.91. The van der Waals surface area contributed by atoms with Gasteiger partial charge in [0.2, 0.25) is 11.8 Å². The summed E-state index contributed by atoms with van der Waals surface area (Å²) in [6, 6.07) is -0.146. The molecule has 2 atom stereocenters. The number of ether oxygens (including phenoxy) is 1. The van der Waals surface area contributed by atoms with Crippen LogP contribution in [0, 0.1) is 11.8 Å². The number of nitrogens with zero attached hydrogens (tertiary/aromatic N) is 1. The van der Waals surface area contributed by atoms with Crippen LogP contribution in [-0.2, 0) is 14.3 Å². The molecular formula is C17H30N2O3S. The zero-order valence-corrected chi connectivity index (χ0v) is 15.4.